The Kier molecular flexibility index (Phi) is 1.54. The Labute approximate surface area is 70.1 Å². The van der Waals surface area contributed by atoms with E-state index in [0.29, 0.717) is 12.3 Å². The smallest absolute Gasteiger partial charge is 0.260 e. The summed E-state index contributed by atoms with van der Waals surface area (Å²) < 4.78 is 4.87. The maximum absolute atomic E-state index is 5.98. The molecule has 4 N–H and O–H groups in total. The minimum atomic E-state index is -0.112. The monoisotopic (exact) mass is 168 g/mol. The highest BCUT2D eigenvalue weighted by molar-refractivity contribution is 5.12. The molecule has 0 amide bonds. The van der Waals surface area contributed by atoms with Gasteiger partial charge in [-0.05, 0) is 24.4 Å². The fourth-order valence-corrected chi connectivity index (χ4v) is 1.45. The van der Waals surface area contributed by atoms with Crippen LogP contribution in [0.4, 0.5) is 5.95 Å². The van der Waals surface area contributed by atoms with E-state index < -0.39 is 0 Å². The Morgan fingerprint density at radius 1 is 1.50 bits per heavy atom. The van der Waals surface area contributed by atoms with Crippen LogP contribution in [0.3, 0.4) is 0 Å². The van der Waals surface area contributed by atoms with Crippen molar-refractivity contribution in [2.45, 2.75) is 31.2 Å². The van der Waals surface area contributed by atoms with Gasteiger partial charge in [0, 0.05) is 12.0 Å². The van der Waals surface area contributed by atoms with Crippen molar-refractivity contribution in [3.05, 3.63) is 5.89 Å². The van der Waals surface area contributed by atoms with Crippen LogP contribution in [0, 0.1) is 0 Å². The first-order valence-electron chi connectivity index (χ1n) is 4.05. The summed E-state index contributed by atoms with van der Waals surface area (Å²) in [6.45, 7) is 0. The normalized spacial score (nSPS) is 20.4. The second-order valence-corrected chi connectivity index (χ2v) is 3.44. The maximum atomic E-state index is 5.98. The SMILES string of the molecule is Nc1noc(CC2(N)CCC2)n1. The molecule has 1 aliphatic carbocycles. The topological polar surface area (TPSA) is 91.0 Å². The second-order valence-electron chi connectivity index (χ2n) is 3.44. The lowest BCUT2D eigenvalue weighted by molar-refractivity contribution is 0.222. The van der Waals surface area contributed by atoms with E-state index in [1.54, 1.807) is 0 Å². The van der Waals surface area contributed by atoms with Crippen LogP contribution in [0.25, 0.3) is 0 Å². The number of hydrogen-bond donors (Lipinski definition) is 2. The zero-order valence-electron chi connectivity index (χ0n) is 6.79. The number of nitrogens with zero attached hydrogens (tertiary/aromatic N) is 2. The van der Waals surface area contributed by atoms with Crippen LogP contribution in [0.1, 0.15) is 25.2 Å². The van der Waals surface area contributed by atoms with E-state index >= 15 is 0 Å². The average molecular weight is 168 g/mol. The van der Waals surface area contributed by atoms with Gasteiger partial charge in [-0.25, -0.2) is 0 Å². The number of nitrogens with two attached hydrogens (primary N) is 2. The molecule has 1 aliphatic rings. The van der Waals surface area contributed by atoms with Crippen molar-refractivity contribution in [1.82, 2.24) is 10.1 Å². The summed E-state index contributed by atoms with van der Waals surface area (Å²) in [5, 5.41) is 3.50. The molecule has 0 radical (unpaired) electrons. The maximum Gasteiger partial charge on any atom is 0.260 e. The van der Waals surface area contributed by atoms with Crippen LogP contribution in [-0.4, -0.2) is 15.7 Å². The molecule has 12 heavy (non-hydrogen) atoms. The van der Waals surface area contributed by atoms with Crippen molar-refractivity contribution in [3.63, 3.8) is 0 Å². The molecule has 0 unspecified atom stereocenters. The van der Waals surface area contributed by atoms with Crippen molar-refractivity contribution < 1.29 is 4.52 Å². The summed E-state index contributed by atoms with van der Waals surface area (Å²) in [5.41, 5.74) is 11.2. The largest absolute Gasteiger partial charge is 0.365 e. The van der Waals surface area contributed by atoms with Crippen LogP contribution < -0.4 is 11.5 Å². The Balaban J connectivity index is 2.03. The standard InChI is InChI=1S/C7H12N4O/c8-6-10-5(12-11-6)4-7(9)2-1-3-7/h1-4,9H2,(H2,8,11). The van der Waals surface area contributed by atoms with Crippen molar-refractivity contribution in [2.24, 2.45) is 5.73 Å². The fourth-order valence-electron chi connectivity index (χ4n) is 1.45. The summed E-state index contributed by atoms with van der Waals surface area (Å²) in [7, 11) is 0. The van der Waals surface area contributed by atoms with Crippen molar-refractivity contribution in [2.75, 3.05) is 5.73 Å². The van der Waals surface area contributed by atoms with Crippen molar-refractivity contribution in [1.29, 1.82) is 0 Å². The van der Waals surface area contributed by atoms with E-state index in [1.165, 1.54) is 6.42 Å². The molecular weight excluding hydrogens is 156 g/mol. The van der Waals surface area contributed by atoms with Crippen molar-refractivity contribution >= 4 is 5.95 Å². The summed E-state index contributed by atoms with van der Waals surface area (Å²) in [6, 6.07) is 0. The predicted molar refractivity (Wildman–Crippen MR) is 43.2 cm³/mol. The number of hydrogen-bond acceptors (Lipinski definition) is 5. The quantitative estimate of drug-likeness (QED) is 0.652. The van der Waals surface area contributed by atoms with E-state index in [9.17, 15) is 0 Å². The lowest BCUT2D eigenvalue weighted by Crippen LogP contribution is -2.48. The van der Waals surface area contributed by atoms with Crippen LogP contribution in [0.15, 0.2) is 4.52 Å². The summed E-state index contributed by atoms with van der Waals surface area (Å²) in [4.78, 5) is 3.90. The minimum Gasteiger partial charge on any atom is -0.365 e. The summed E-state index contributed by atoms with van der Waals surface area (Å²) in [5.74, 6) is 0.739. The lowest BCUT2D eigenvalue weighted by Gasteiger charge is -2.36. The first kappa shape index (κ1) is 7.54. The van der Waals surface area contributed by atoms with Gasteiger partial charge in [0.1, 0.15) is 0 Å². The highest BCUT2D eigenvalue weighted by Crippen LogP contribution is 2.31. The molecule has 66 valence electrons. The molecule has 5 nitrogen and oxygen atoms in total. The van der Waals surface area contributed by atoms with Gasteiger partial charge in [0.15, 0.2) is 0 Å². The molecular formula is C7H12N4O. The Bertz CT molecular complexity index is 279. The zero-order valence-corrected chi connectivity index (χ0v) is 6.79. The van der Waals surface area contributed by atoms with Crippen LogP contribution in [-0.2, 0) is 6.42 Å². The van der Waals surface area contributed by atoms with Gasteiger partial charge in [-0.3, -0.25) is 0 Å². The zero-order chi connectivity index (χ0) is 8.60. The summed E-state index contributed by atoms with van der Waals surface area (Å²) >= 11 is 0. The van der Waals surface area contributed by atoms with E-state index in [0.717, 1.165) is 12.8 Å². The third-order valence-electron chi connectivity index (χ3n) is 2.34. The highest BCUT2D eigenvalue weighted by Gasteiger charge is 2.34. The molecule has 5 heteroatoms. The van der Waals surface area contributed by atoms with Gasteiger partial charge in [-0.15, -0.1) is 0 Å². The van der Waals surface area contributed by atoms with Crippen LogP contribution in [0.5, 0.6) is 0 Å². The van der Waals surface area contributed by atoms with Gasteiger partial charge in [0.2, 0.25) is 5.89 Å². The Morgan fingerprint density at radius 2 is 2.25 bits per heavy atom. The van der Waals surface area contributed by atoms with Gasteiger partial charge in [-0.1, -0.05) is 0 Å². The van der Waals surface area contributed by atoms with Crippen LogP contribution in [0.2, 0.25) is 0 Å². The lowest BCUT2D eigenvalue weighted by atomic mass is 9.75. The Hall–Kier alpha value is -1.10. The second kappa shape index (κ2) is 2.45. The molecule has 0 aromatic carbocycles. The molecule has 1 fully saturated rings. The number of anilines is 1. The molecule has 0 atom stereocenters. The number of rotatable bonds is 2. The fraction of sp³-hybridized carbons (Fsp3) is 0.714. The molecule has 0 spiro atoms. The number of nitrogen functional groups attached to an aromatic ring is 1. The Morgan fingerprint density at radius 3 is 2.67 bits per heavy atom. The molecule has 2 rings (SSSR count). The van der Waals surface area contributed by atoms with Gasteiger partial charge in [0.25, 0.3) is 5.95 Å². The van der Waals surface area contributed by atoms with E-state index in [4.69, 9.17) is 16.0 Å². The van der Waals surface area contributed by atoms with Gasteiger partial charge < -0.3 is 16.0 Å². The minimum absolute atomic E-state index is 0.112. The molecule has 0 bridgehead atoms. The third-order valence-corrected chi connectivity index (χ3v) is 2.34. The molecule has 0 saturated heterocycles. The van der Waals surface area contributed by atoms with Crippen molar-refractivity contribution in [3.8, 4) is 0 Å². The molecule has 1 saturated carbocycles. The van der Waals surface area contributed by atoms with E-state index in [1.807, 2.05) is 0 Å². The van der Waals surface area contributed by atoms with E-state index in [2.05, 4.69) is 10.1 Å². The summed E-state index contributed by atoms with van der Waals surface area (Å²) in [6.07, 6.45) is 3.92. The third kappa shape index (κ3) is 1.27. The van der Waals surface area contributed by atoms with E-state index in [-0.39, 0.29) is 11.5 Å². The van der Waals surface area contributed by atoms with Crippen LogP contribution >= 0.6 is 0 Å². The molecule has 1 aromatic heterocycles. The highest BCUT2D eigenvalue weighted by atomic mass is 16.5. The molecule has 1 heterocycles. The number of aromatic nitrogens is 2. The van der Waals surface area contributed by atoms with Gasteiger partial charge >= 0.3 is 0 Å². The molecule has 0 aliphatic heterocycles. The predicted octanol–water partition coefficient (Wildman–Crippen LogP) is 0.0757. The first-order chi connectivity index (χ1) is 5.68. The molecule has 1 aromatic rings. The average Bonchev–Trinajstić information content (AvgIpc) is 2.32. The van der Waals surface area contributed by atoms with Gasteiger partial charge in [0.05, 0.1) is 0 Å². The van der Waals surface area contributed by atoms with Gasteiger partial charge in [-0.2, -0.15) is 4.98 Å². The first-order valence-corrected chi connectivity index (χ1v) is 4.05.